The van der Waals surface area contributed by atoms with Crippen molar-refractivity contribution in [3.8, 4) is 0 Å². The number of nitrogens with zero attached hydrogens (tertiary/aromatic N) is 1. The molecule has 2 saturated heterocycles. The summed E-state index contributed by atoms with van der Waals surface area (Å²) in [5.74, 6) is 1.72. The third-order valence-corrected chi connectivity index (χ3v) is 5.26. The first-order valence-corrected chi connectivity index (χ1v) is 7.12. The Morgan fingerprint density at radius 2 is 2.38 bits per heavy atom. The van der Waals surface area contributed by atoms with E-state index in [1.807, 2.05) is 6.07 Å². The fraction of sp³-hybridized carbons (Fsp3) is 0.667. The molecule has 16 heavy (non-hydrogen) atoms. The van der Waals surface area contributed by atoms with Gasteiger partial charge in [0.1, 0.15) is 0 Å². The van der Waals surface area contributed by atoms with Gasteiger partial charge in [0.25, 0.3) is 0 Å². The van der Waals surface area contributed by atoms with Crippen molar-refractivity contribution < 1.29 is 0 Å². The minimum Gasteiger partial charge on any atom is -0.316 e. The molecule has 3 rings (SSSR count). The van der Waals surface area contributed by atoms with E-state index >= 15 is 0 Å². The van der Waals surface area contributed by atoms with Gasteiger partial charge in [-0.2, -0.15) is 0 Å². The first-order chi connectivity index (χ1) is 7.74. The maximum atomic E-state index is 5.97. The van der Waals surface area contributed by atoms with Crippen LogP contribution >= 0.6 is 22.9 Å². The van der Waals surface area contributed by atoms with E-state index in [4.69, 9.17) is 11.6 Å². The topological polar surface area (TPSA) is 15.3 Å². The lowest BCUT2D eigenvalue weighted by Crippen LogP contribution is -2.32. The van der Waals surface area contributed by atoms with E-state index in [0.29, 0.717) is 6.04 Å². The lowest BCUT2D eigenvalue weighted by atomic mass is 9.95. The molecular formula is C12H17ClN2S. The molecule has 3 atom stereocenters. The second kappa shape index (κ2) is 4.30. The highest BCUT2D eigenvalue weighted by atomic mass is 35.5. The van der Waals surface area contributed by atoms with Crippen molar-refractivity contribution >= 4 is 22.9 Å². The molecule has 2 aliphatic rings. The molecule has 2 fully saturated rings. The summed E-state index contributed by atoms with van der Waals surface area (Å²) in [5.41, 5.74) is 0. The van der Waals surface area contributed by atoms with Crippen LogP contribution in [0.25, 0.3) is 0 Å². The molecule has 0 saturated carbocycles. The van der Waals surface area contributed by atoms with Gasteiger partial charge in [-0.25, -0.2) is 0 Å². The van der Waals surface area contributed by atoms with Crippen molar-refractivity contribution in [3.63, 3.8) is 0 Å². The van der Waals surface area contributed by atoms with Crippen molar-refractivity contribution in [2.24, 2.45) is 11.8 Å². The van der Waals surface area contributed by atoms with Gasteiger partial charge in [-0.05, 0) is 44.0 Å². The summed E-state index contributed by atoms with van der Waals surface area (Å²) in [4.78, 5) is 4.00. The number of fused-ring (bicyclic) bond motifs is 1. The van der Waals surface area contributed by atoms with Gasteiger partial charge in [0.05, 0.1) is 4.34 Å². The van der Waals surface area contributed by atoms with Gasteiger partial charge in [-0.15, -0.1) is 11.3 Å². The molecule has 0 radical (unpaired) electrons. The third-order valence-electron chi connectivity index (χ3n) is 4.04. The van der Waals surface area contributed by atoms with Crippen LogP contribution in [0.5, 0.6) is 0 Å². The summed E-state index contributed by atoms with van der Waals surface area (Å²) in [6.07, 6.45) is 0. The van der Waals surface area contributed by atoms with Crippen LogP contribution in [-0.2, 0) is 6.54 Å². The minimum atomic E-state index is 0.709. The Morgan fingerprint density at radius 3 is 3.06 bits per heavy atom. The monoisotopic (exact) mass is 256 g/mol. The zero-order valence-electron chi connectivity index (χ0n) is 9.45. The fourth-order valence-electron chi connectivity index (χ4n) is 3.10. The maximum absolute atomic E-state index is 5.97. The maximum Gasteiger partial charge on any atom is 0.0931 e. The van der Waals surface area contributed by atoms with Gasteiger partial charge in [-0.3, -0.25) is 4.90 Å². The molecule has 2 nitrogen and oxygen atoms in total. The Bertz CT molecular complexity index is 379. The SMILES string of the molecule is CC1C2CNCC2CN1Cc1ccc(Cl)s1. The summed E-state index contributed by atoms with van der Waals surface area (Å²) in [6.45, 7) is 7.09. The average molecular weight is 257 g/mol. The number of hydrogen-bond donors (Lipinski definition) is 1. The van der Waals surface area contributed by atoms with Gasteiger partial charge >= 0.3 is 0 Å². The summed E-state index contributed by atoms with van der Waals surface area (Å²) in [5, 5.41) is 3.50. The Hall–Kier alpha value is -0.0900. The lowest BCUT2D eigenvalue weighted by Gasteiger charge is -2.23. The molecule has 3 unspecified atom stereocenters. The molecule has 1 aromatic heterocycles. The fourth-order valence-corrected chi connectivity index (χ4v) is 4.21. The van der Waals surface area contributed by atoms with Crippen molar-refractivity contribution in [2.75, 3.05) is 19.6 Å². The van der Waals surface area contributed by atoms with Gasteiger partial charge in [0.15, 0.2) is 0 Å². The van der Waals surface area contributed by atoms with Crippen LogP contribution in [0.3, 0.4) is 0 Å². The van der Waals surface area contributed by atoms with E-state index < -0.39 is 0 Å². The molecule has 0 spiro atoms. The van der Waals surface area contributed by atoms with E-state index in [2.05, 4.69) is 23.2 Å². The average Bonchev–Trinajstić information content (AvgIpc) is 2.90. The molecule has 0 bridgehead atoms. The Balaban J connectivity index is 1.68. The first-order valence-electron chi connectivity index (χ1n) is 5.93. The van der Waals surface area contributed by atoms with Gasteiger partial charge in [-0.1, -0.05) is 11.6 Å². The summed E-state index contributed by atoms with van der Waals surface area (Å²) in [6, 6.07) is 4.87. The van der Waals surface area contributed by atoms with Crippen LogP contribution in [0.4, 0.5) is 0 Å². The zero-order valence-corrected chi connectivity index (χ0v) is 11.0. The third kappa shape index (κ3) is 1.90. The molecule has 0 amide bonds. The summed E-state index contributed by atoms with van der Waals surface area (Å²) >= 11 is 7.68. The highest BCUT2D eigenvalue weighted by Crippen LogP contribution is 2.34. The number of hydrogen-bond acceptors (Lipinski definition) is 3. The Kier molecular flexibility index (Phi) is 2.96. The Morgan fingerprint density at radius 1 is 1.50 bits per heavy atom. The van der Waals surface area contributed by atoms with Crippen molar-refractivity contribution in [3.05, 3.63) is 21.3 Å². The smallest absolute Gasteiger partial charge is 0.0931 e. The lowest BCUT2D eigenvalue weighted by molar-refractivity contribution is 0.233. The van der Waals surface area contributed by atoms with Crippen molar-refractivity contribution in [2.45, 2.75) is 19.5 Å². The molecular weight excluding hydrogens is 240 g/mol. The number of halogens is 1. The van der Waals surface area contributed by atoms with Gasteiger partial charge in [0.2, 0.25) is 0 Å². The number of nitrogens with one attached hydrogen (secondary N) is 1. The highest BCUT2D eigenvalue weighted by Gasteiger charge is 2.41. The van der Waals surface area contributed by atoms with E-state index in [0.717, 1.165) is 22.7 Å². The van der Waals surface area contributed by atoms with E-state index in [1.165, 1.54) is 24.5 Å². The van der Waals surface area contributed by atoms with Crippen LogP contribution in [0.15, 0.2) is 12.1 Å². The largest absolute Gasteiger partial charge is 0.316 e. The second-order valence-corrected chi connectivity index (χ2v) is 6.76. The Labute approximate surface area is 106 Å². The van der Waals surface area contributed by atoms with E-state index in [-0.39, 0.29) is 0 Å². The molecule has 88 valence electrons. The predicted molar refractivity (Wildman–Crippen MR) is 69.1 cm³/mol. The molecule has 0 aliphatic carbocycles. The summed E-state index contributed by atoms with van der Waals surface area (Å²) < 4.78 is 0.906. The van der Waals surface area contributed by atoms with Crippen LogP contribution in [0.1, 0.15) is 11.8 Å². The van der Waals surface area contributed by atoms with Crippen molar-refractivity contribution in [1.29, 1.82) is 0 Å². The van der Waals surface area contributed by atoms with Crippen LogP contribution in [-0.4, -0.2) is 30.6 Å². The molecule has 3 heterocycles. The van der Waals surface area contributed by atoms with Crippen molar-refractivity contribution in [1.82, 2.24) is 10.2 Å². The minimum absolute atomic E-state index is 0.709. The predicted octanol–water partition coefficient (Wildman–Crippen LogP) is 2.44. The normalized spacial score (nSPS) is 34.5. The number of rotatable bonds is 2. The van der Waals surface area contributed by atoms with Crippen LogP contribution in [0, 0.1) is 11.8 Å². The van der Waals surface area contributed by atoms with E-state index in [9.17, 15) is 0 Å². The van der Waals surface area contributed by atoms with Crippen LogP contribution < -0.4 is 5.32 Å². The number of likely N-dealkylation sites (tertiary alicyclic amines) is 1. The van der Waals surface area contributed by atoms with Crippen LogP contribution in [0.2, 0.25) is 4.34 Å². The molecule has 0 aromatic carbocycles. The number of thiophene rings is 1. The first kappa shape index (κ1) is 11.0. The molecule has 1 aromatic rings. The summed E-state index contributed by atoms with van der Waals surface area (Å²) in [7, 11) is 0. The zero-order chi connectivity index (χ0) is 11.1. The quantitative estimate of drug-likeness (QED) is 0.875. The standard InChI is InChI=1S/C12H17ClN2S/c1-8-11-5-14-4-9(11)6-15(8)7-10-2-3-12(13)16-10/h2-3,8-9,11,14H,4-7H2,1H3. The van der Waals surface area contributed by atoms with Gasteiger partial charge < -0.3 is 5.32 Å². The second-order valence-electron chi connectivity index (χ2n) is 4.96. The van der Waals surface area contributed by atoms with E-state index in [1.54, 1.807) is 11.3 Å². The molecule has 1 N–H and O–H groups in total. The van der Waals surface area contributed by atoms with Gasteiger partial charge in [0, 0.05) is 24.0 Å². The molecule has 4 heteroatoms. The molecule has 2 aliphatic heterocycles. The highest BCUT2D eigenvalue weighted by molar-refractivity contribution is 7.16.